The minimum atomic E-state index is -1.17. The summed E-state index contributed by atoms with van der Waals surface area (Å²) in [6.45, 7) is 4.94. The average molecular weight is 302 g/mol. The monoisotopic (exact) mass is 302 g/mol. The maximum Gasteiger partial charge on any atom is 0.358 e. The fourth-order valence-electron chi connectivity index (χ4n) is 2.25. The number of likely N-dealkylation sites (N-methyl/N-ethyl adjacent to an activating group) is 1. The Hall–Kier alpha value is -2.70. The molecule has 0 spiro atoms. The molecule has 22 heavy (non-hydrogen) atoms. The molecule has 0 fully saturated rings. The quantitative estimate of drug-likeness (QED) is 0.874. The van der Waals surface area contributed by atoms with Crippen LogP contribution in [0.15, 0.2) is 30.3 Å². The number of hydrogen-bond donors (Lipinski definition) is 1. The Kier molecular flexibility index (Phi) is 4.88. The summed E-state index contributed by atoms with van der Waals surface area (Å²) < 4.78 is 1.35. The van der Waals surface area contributed by atoms with Crippen LogP contribution in [-0.2, 0) is 11.3 Å². The highest BCUT2D eigenvalue weighted by Crippen LogP contribution is 2.22. The summed E-state index contributed by atoms with van der Waals surface area (Å²) in [4.78, 5) is 25.2. The predicted octanol–water partition coefficient (Wildman–Crippen LogP) is 1.51. The van der Waals surface area contributed by atoms with Gasteiger partial charge in [-0.25, -0.2) is 9.48 Å². The van der Waals surface area contributed by atoms with E-state index in [4.69, 9.17) is 0 Å². The van der Waals surface area contributed by atoms with Crippen LogP contribution < -0.4 is 0 Å². The van der Waals surface area contributed by atoms with Crippen molar-refractivity contribution >= 4 is 11.9 Å². The summed E-state index contributed by atoms with van der Waals surface area (Å²) in [6, 6.07) is 8.96. The van der Waals surface area contributed by atoms with Crippen LogP contribution in [-0.4, -0.2) is 50.0 Å². The van der Waals surface area contributed by atoms with Crippen molar-refractivity contribution in [2.75, 3.05) is 13.1 Å². The van der Waals surface area contributed by atoms with Gasteiger partial charge < -0.3 is 10.0 Å². The number of nitrogens with zero attached hydrogens (tertiary/aromatic N) is 4. The summed E-state index contributed by atoms with van der Waals surface area (Å²) >= 11 is 0. The Labute approximate surface area is 128 Å². The number of aromatic nitrogens is 3. The summed E-state index contributed by atoms with van der Waals surface area (Å²) in [6.07, 6.45) is 0. The third-order valence-electron chi connectivity index (χ3n) is 3.39. The van der Waals surface area contributed by atoms with Crippen molar-refractivity contribution in [3.8, 4) is 11.3 Å². The first-order chi connectivity index (χ1) is 10.6. The highest BCUT2D eigenvalue weighted by Gasteiger charge is 2.22. The van der Waals surface area contributed by atoms with Gasteiger partial charge >= 0.3 is 5.97 Å². The topological polar surface area (TPSA) is 88.3 Å². The van der Waals surface area contributed by atoms with Gasteiger partial charge in [0.25, 0.3) is 0 Å². The van der Waals surface area contributed by atoms with Gasteiger partial charge in [-0.15, -0.1) is 5.10 Å². The number of amides is 1. The van der Waals surface area contributed by atoms with E-state index in [1.807, 2.05) is 19.9 Å². The first-order valence-electron chi connectivity index (χ1n) is 7.08. The van der Waals surface area contributed by atoms with E-state index in [1.54, 1.807) is 29.2 Å². The number of carboxylic acid groups (broad SMARTS) is 1. The number of carbonyl (C=O) groups excluding carboxylic acids is 1. The van der Waals surface area contributed by atoms with Gasteiger partial charge in [0.2, 0.25) is 5.91 Å². The summed E-state index contributed by atoms with van der Waals surface area (Å²) in [7, 11) is 0. The Bertz CT molecular complexity index is 663. The fourth-order valence-corrected chi connectivity index (χ4v) is 2.25. The molecule has 7 heteroatoms. The highest BCUT2D eigenvalue weighted by atomic mass is 16.4. The maximum absolute atomic E-state index is 12.2. The smallest absolute Gasteiger partial charge is 0.358 e. The van der Waals surface area contributed by atoms with E-state index in [9.17, 15) is 14.7 Å². The van der Waals surface area contributed by atoms with E-state index in [1.165, 1.54) is 4.68 Å². The number of aromatic carboxylic acids is 1. The lowest BCUT2D eigenvalue weighted by atomic mass is 10.1. The number of rotatable bonds is 6. The van der Waals surface area contributed by atoms with E-state index in [2.05, 4.69) is 10.3 Å². The molecule has 0 bridgehead atoms. The normalized spacial score (nSPS) is 10.5. The average Bonchev–Trinajstić information content (AvgIpc) is 2.93. The van der Waals surface area contributed by atoms with Gasteiger partial charge in [0.1, 0.15) is 12.2 Å². The van der Waals surface area contributed by atoms with Gasteiger partial charge in [0.05, 0.1) is 0 Å². The Balaban J connectivity index is 2.41. The van der Waals surface area contributed by atoms with Crippen LogP contribution in [0.4, 0.5) is 0 Å². The standard InChI is InChI=1S/C15H18N4O3/c1-3-18(4-2)12(20)10-19-14(11-8-6-5-7-9-11)13(15(21)22)16-17-19/h5-9H,3-4,10H2,1-2H3,(H,21,22). The summed E-state index contributed by atoms with van der Waals surface area (Å²) in [5.74, 6) is -1.29. The Morgan fingerprint density at radius 2 is 1.82 bits per heavy atom. The first-order valence-corrected chi connectivity index (χ1v) is 7.08. The van der Waals surface area contributed by atoms with Crippen LogP contribution in [0.2, 0.25) is 0 Å². The molecule has 1 amide bonds. The van der Waals surface area contributed by atoms with Crippen LogP contribution in [0, 0.1) is 0 Å². The molecular weight excluding hydrogens is 284 g/mol. The van der Waals surface area contributed by atoms with Crippen molar-refractivity contribution in [3.05, 3.63) is 36.0 Å². The molecule has 1 aromatic heterocycles. The third-order valence-corrected chi connectivity index (χ3v) is 3.39. The first kappa shape index (κ1) is 15.7. The molecule has 2 aromatic rings. The largest absolute Gasteiger partial charge is 0.476 e. The van der Waals surface area contributed by atoms with Gasteiger partial charge in [0.15, 0.2) is 5.69 Å². The molecule has 0 atom stereocenters. The van der Waals surface area contributed by atoms with Crippen LogP contribution >= 0.6 is 0 Å². The minimum absolute atomic E-state index is 0.0355. The van der Waals surface area contributed by atoms with Gasteiger partial charge in [-0.1, -0.05) is 35.5 Å². The fraction of sp³-hybridized carbons (Fsp3) is 0.333. The molecule has 0 aliphatic rings. The number of hydrogen-bond acceptors (Lipinski definition) is 4. The number of carboxylic acids is 1. The molecule has 0 unspecified atom stereocenters. The second-order valence-electron chi connectivity index (χ2n) is 4.68. The van der Waals surface area contributed by atoms with Crippen LogP contribution in [0.3, 0.4) is 0 Å². The number of benzene rings is 1. The lowest BCUT2D eigenvalue weighted by Crippen LogP contribution is -2.33. The zero-order chi connectivity index (χ0) is 16.1. The van der Waals surface area contributed by atoms with Gasteiger partial charge in [-0.05, 0) is 13.8 Å². The molecule has 116 valence electrons. The molecule has 0 aliphatic heterocycles. The SMILES string of the molecule is CCN(CC)C(=O)Cn1nnc(C(=O)O)c1-c1ccccc1. The molecule has 0 aliphatic carbocycles. The van der Waals surface area contributed by atoms with Crippen molar-refractivity contribution in [1.29, 1.82) is 0 Å². The molecule has 2 rings (SSSR count). The van der Waals surface area contributed by atoms with Crippen LogP contribution in [0.25, 0.3) is 11.3 Å². The van der Waals surface area contributed by atoms with Crippen molar-refractivity contribution in [2.24, 2.45) is 0 Å². The maximum atomic E-state index is 12.2. The Morgan fingerprint density at radius 1 is 1.18 bits per heavy atom. The van der Waals surface area contributed by atoms with Gasteiger partial charge in [0, 0.05) is 18.7 Å². The molecule has 0 saturated carbocycles. The molecule has 7 nitrogen and oxygen atoms in total. The molecule has 1 aromatic carbocycles. The number of carbonyl (C=O) groups is 2. The van der Waals surface area contributed by atoms with Crippen molar-refractivity contribution in [1.82, 2.24) is 19.9 Å². The lowest BCUT2D eigenvalue weighted by molar-refractivity contribution is -0.131. The molecule has 1 heterocycles. The van der Waals surface area contributed by atoms with Crippen molar-refractivity contribution < 1.29 is 14.7 Å². The molecule has 0 saturated heterocycles. The summed E-state index contributed by atoms with van der Waals surface area (Å²) in [5, 5.41) is 16.8. The van der Waals surface area contributed by atoms with E-state index in [0.717, 1.165) is 0 Å². The molecule has 0 radical (unpaired) electrons. The van der Waals surface area contributed by atoms with E-state index < -0.39 is 5.97 Å². The zero-order valence-electron chi connectivity index (χ0n) is 12.6. The van der Waals surface area contributed by atoms with Gasteiger partial charge in [-0.3, -0.25) is 4.79 Å². The second-order valence-corrected chi connectivity index (χ2v) is 4.68. The van der Waals surface area contributed by atoms with Crippen molar-refractivity contribution in [2.45, 2.75) is 20.4 Å². The van der Waals surface area contributed by atoms with Gasteiger partial charge in [-0.2, -0.15) is 0 Å². The predicted molar refractivity (Wildman–Crippen MR) is 80.3 cm³/mol. The lowest BCUT2D eigenvalue weighted by Gasteiger charge is -2.18. The minimum Gasteiger partial charge on any atom is -0.476 e. The van der Waals surface area contributed by atoms with Crippen LogP contribution in [0.1, 0.15) is 24.3 Å². The highest BCUT2D eigenvalue weighted by molar-refractivity contribution is 5.93. The van der Waals surface area contributed by atoms with E-state index in [-0.39, 0.29) is 18.1 Å². The zero-order valence-corrected chi connectivity index (χ0v) is 12.6. The molecule has 1 N–H and O–H groups in total. The van der Waals surface area contributed by atoms with E-state index >= 15 is 0 Å². The van der Waals surface area contributed by atoms with Crippen LogP contribution in [0.5, 0.6) is 0 Å². The third kappa shape index (κ3) is 3.13. The second kappa shape index (κ2) is 6.84. The summed E-state index contributed by atoms with van der Waals surface area (Å²) in [5.41, 5.74) is 0.851. The van der Waals surface area contributed by atoms with Crippen molar-refractivity contribution in [3.63, 3.8) is 0 Å². The van der Waals surface area contributed by atoms with E-state index in [0.29, 0.717) is 24.3 Å². The Morgan fingerprint density at radius 3 is 2.36 bits per heavy atom. The molecular formula is C15H18N4O3.